The summed E-state index contributed by atoms with van der Waals surface area (Å²) in [6.45, 7) is 3.91. The summed E-state index contributed by atoms with van der Waals surface area (Å²) in [4.78, 5) is 4.45. The largest absolute Gasteiger partial charge is 0.399 e. The van der Waals surface area contributed by atoms with Crippen LogP contribution in [-0.4, -0.2) is 5.71 Å². The number of nitrogen functional groups attached to an aromatic ring is 1. The third-order valence-electron chi connectivity index (χ3n) is 2.16. The molecule has 2 N–H and O–H groups in total. The highest BCUT2D eigenvalue weighted by Crippen LogP contribution is 2.38. The zero-order chi connectivity index (χ0) is 11.7. The van der Waals surface area contributed by atoms with Gasteiger partial charge >= 0.3 is 0 Å². The van der Waals surface area contributed by atoms with Crippen molar-refractivity contribution in [3.05, 3.63) is 23.8 Å². The molecule has 0 unspecified atom stereocenters. The summed E-state index contributed by atoms with van der Waals surface area (Å²) in [6, 6.07) is 5.77. The Balaban J connectivity index is 2.78. The molecule has 2 rings (SSSR count). The molecule has 0 spiro atoms. The Hall–Kier alpha value is -1.79. The minimum absolute atomic E-state index is 0.727. The van der Waals surface area contributed by atoms with Crippen LogP contribution in [0, 0.1) is 12.3 Å². The molecule has 0 saturated heterocycles. The molecule has 3 heteroatoms. The molecule has 1 aromatic heterocycles. The van der Waals surface area contributed by atoms with Crippen molar-refractivity contribution in [3.8, 4) is 12.3 Å². The van der Waals surface area contributed by atoms with Crippen LogP contribution in [-0.2, 0) is 0 Å². The van der Waals surface area contributed by atoms with Crippen LogP contribution in [0.5, 0.6) is 0 Å². The molecule has 0 fully saturated rings. The topological polar surface area (TPSA) is 38.4 Å². The van der Waals surface area contributed by atoms with Crippen LogP contribution in [0.1, 0.15) is 19.4 Å². The van der Waals surface area contributed by atoms with Gasteiger partial charge in [-0.1, -0.05) is 5.92 Å². The summed E-state index contributed by atoms with van der Waals surface area (Å²) < 4.78 is 1.13. The summed E-state index contributed by atoms with van der Waals surface area (Å²) in [5, 5.41) is 1.91. The highest BCUT2D eigenvalue weighted by molar-refractivity contribution is 7.23. The molecule has 0 saturated carbocycles. The lowest BCUT2D eigenvalue weighted by molar-refractivity contribution is 1.54. The molecular formula is C13H12N2S. The van der Waals surface area contributed by atoms with Crippen molar-refractivity contribution in [1.82, 2.24) is 0 Å². The van der Waals surface area contributed by atoms with Gasteiger partial charge < -0.3 is 5.73 Å². The Morgan fingerprint density at radius 2 is 2.19 bits per heavy atom. The molecule has 0 atom stereocenters. The van der Waals surface area contributed by atoms with Crippen molar-refractivity contribution < 1.29 is 0 Å². The number of fused-ring (bicyclic) bond motifs is 1. The maximum absolute atomic E-state index is 5.76. The van der Waals surface area contributed by atoms with Crippen molar-refractivity contribution >= 4 is 37.8 Å². The molecule has 0 aliphatic rings. The molecule has 16 heavy (non-hydrogen) atoms. The Morgan fingerprint density at radius 1 is 1.44 bits per heavy atom. The molecule has 1 aromatic carbocycles. The van der Waals surface area contributed by atoms with E-state index < -0.39 is 0 Å². The SMILES string of the molecule is C#Cc1c(N=C(C)C)sc2ccc(N)cc12. The Kier molecular flexibility index (Phi) is 2.67. The molecule has 0 radical (unpaired) electrons. The van der Waals surface area contributed by atoms with Gasteiger partial charge in [0, 0.05) is 21.5 Å². The second kappa shape index (κ2) is 3.99. The standard InChI is InChI=1S/C13H12N2S/c1-4-10-11-7-9(14)5-6-12(11)16-13(10)15-8(2)3/h1,5-7H,14H2,2-3H3. The number of terminal acetylenes is 1. The van der Waals surface area contributed by atoms with Gasteiger partial charge in [0.05, 0.1) is 5.56 Å². The maximum atomic E-state index is 5.76. The fourth-order valence-electron chi connectivity index (χ4n) is 1.52. The highest BCUT2D eigenvalue weighted by Gasteiger charge is 2.09. The van der Waals surface area contributed by atoms with E-state index in [-0.39, 0.29) is 0 Å². The number of nitrogens with zero attached hydrogens (tertiary/aromatic N) is 1. The van der Waals surface area contributed by atoms with E-state index in [0.717, 1.165) is 32.0 Å². The van der Waals surface area contributed by atoms with Crippen molar-refractivity contribution in [2.24, 2.45) is 4.99 Å². The Morgan fingerprint density at radius 3 is 2.81 bits per heavy atom. The lowest BCUT2D eigenvalue weighted by Crippen LogP contribution is -1.82. The highest BCUT2D eigenvalue weighted by atomic mass is 32.1. The summed E-state index contributed by atoms with van der Waals surface area (Å²) in [6.07, 6.45) is 5.53. The quantitative estimate of drug-likeness (QED) is 0.452. The third-order valence-corrected chi connectivity index (χ3v) is 3.23. The monoisotopic (exact) mass is 228 g/mol. The molecule has 0 aliphatic heterocycles. The second-order valence-electron chi connectivity index (χ2n) is 3.74. The normalized spacial score (nSPS) is 10.1. The lowest BCUT2D eigenvalue weighted by atomic mass is 10.1. The van der Waals surface area contributed by atoms with E-state index >= 15 is 0 Å². The first-order valence-corrected chi connectivity index (χ1v) is 5.74. The second-order valence-corrected chi connectivity index (χ2v) is 4.77. The van der Waals surface area contributed by atoms with Gasteiger partial charge in [0.1, 0.15) is 5.00 Å². The molecule has 2 aromatic rings. The number of aliphatic imine (C=N–C) groups is 1. The summed E-state index contributed by atoms with van der Waals surface area (Å²) in [7, 11) is 0. The van der Waals surface area contributed by atoms with Crippen LogP contribution in [0.3, 0.4) is 0 Å². The Labute approximate surface area is 98.8 Å². The van der Waals surface area contributed by atoms with E-state index in [9.17, 15) is 0 Å². The molecule has 0 amide bonds. The first kappa shape index (κ1) is 10.7. The molecule has 0 aliphatic carbocycles. The van der Waals surface area contributed by atoms with Crippen molar-refractivity contribution in [1.29, 1.82) is 0 Å². The van der Waals surface area contributed by atoms with E-state index in [1.807, 2.05) is 32.0 Å². The first-order chi connectivity index (χ1) is 7.61. The van der Waals surface area contributed by atoms with Crippen LogP contribution in [0.15, 0.2) is 23.2 Å². The predicted molar refractivity (Wildman–Crippen MR) is 72.6 cm³/mol. The van der Waals surface area contributed by atoms with Gasteiger partial charge in [-0.05, 0) is 32.0 Å². The minimum atomic E-state index is 0.727. The van der Waals surface area contributed by atoms with Crippen LogP contribution in [0.4, 0.5) is 10.7 Å². The Bertz CT molecular complexity index is 611. The average molecular weight is 228 g/mol. The minimum Gasteiger partial charge on any atom is -0.399 e. The molecule has 2 nitrogen and oxygen atoms in total. The van der Waals surface area contributed by atoms with Gasteiger partial charge in [-0.2, -0.15) is 0 Å². The van der Waals surface area contributed by atoms with E-state index in [1.54, 1.807) is 11.3 Å². The number of hydrogen-bond donors (Lipinski definition) is 1. The maximum Gasteiger partial charge on any atom is 0.132 e. The van der Waals surface area contributed by atoms with Crippen LogP contribution in [0.25, 0.3) is 10.1 Å². The summed E-state index contributed by atoms with van der Waals surface area (Å²) >= 11 is 1.60. The van der Waals surface area contributed by atoms with Crippen molar-refractivity contribution in [3.63, 3.8) is 0 Å². The zero-order valence-corrected chi connectivity index (χ0v) is 10.1. The van der Waals surface area contributed by atoms with Gasteiger partial charge in [-0.25, -0.2) is 4.99 Å². The average Bonchev–Trinajstić information content (AvgIpc) is 2.53. The van der Waals surface area contributed by atoms with Gasteiger partial charge in [0.15, 0.2) is 0 Å². The van der Waals surface area contributed by atoms with Crippen LogP contribution >= 0.6 is 11.3 Å². The van der Waals surface area contributed by atoms with E-state index in [2.05, 4.69) is 10.9 Å². The smallest absolute Gasteiger partial charge is 0.132 e. The molecule has 1 heterocycles. The number of rotatable bonds is 1. The molecule has 80 valence electrons. The third kappa shape index (κ3) is 1.80. The van der Waals surface area contributed by atoms with E-state index in [4.69, 9.17) is 12.2 Å². The van der Waals surface area contributed by atoms with E-state index in [0.29, 0.717) is 0 Å². The van der Waals surface area contributed by atoms with Gasteiger partial charge in [-0.3, -0.25) is 0 Å². The number of nitrogens with two attached hydrogens (primary N) is 1. The summed E-state index contributed by atoms with van der Waals surface area (Å²) in [5.41, 5.74) is 8.32. The number of thiophene rings is 1. The fraction of sp³-hybridized carbons (Fsp3) is 0.154. The van der Waals surface area contributed by atoms with Gasteiger partial charge in [0.25, 0.3) is 0 Å². The molecular weight excluding hydrogens is 216 g/mol. The van der Waals surface area contributed by atoms with Gasteiger partial charge in [0.2, 0.25) is 0 Å². The van der Waals surface area contributed by atoms with Crippen molar-refractivity contribution in [2.75, 3.05) is 5.73 Å². The van der Waals surface area contributed by atoms with Crippen LogP contribution < -0.4 is 5.73 Å². The number of anilines is 1. The van der Waals surface area contributed by atoms with Crippen LogP contribution in [0.2, 0.25) is 0 Å². The van der Waals surface area contributed by atoms with E-state index in [1.165, 1.54) is 0 Å². The predicted octanol–water partition coefficient (Wildman–Crippen LogP) is 3.58. The fourth-order valence-corrected chi connectivity index (χ4v) is 2.64. The van der Waals surface area contributed by atoms with Gasteiger partial charge in [-0.15, -0.1) is 17.8 Å². The lowest BCUT2D eigenvalue weighted by Gasteiger charge is -1.94. The number of hydrogen-bond acceptors (Lipinski definition) is 3. The summed E-state index contributed by atoms with van der Waals surface area (Å²) in [5.74, 6) is 2.70. The molecule has 0 bridgehead atoms. The first-order valence-electron chi connectivity index (χ1n) is 4.92. The zero-order valence-electron chi connectivity index (χ0n) is 9.24. The van der Waals surface area contributed by atoms with Crippen molar-refractivity contribution in [2.45, 2.75) is 13.8 Å². The number of benzene rings is 1.